The highest BCUT2D eigenvalue weighted by Crippen LogP contribution is 2.05. The molecule has 2 heterocycles. The normalized spacial score (nSPS) is 9.36. The van der Waals surface area contributed by atoms with E-state index in [1.807, 2.05) is 38.2 Å². The van der Waals surface area contributed by atoms with Gasteiger partial charge in [0.2, 0.25) is 0 Å². The molecule has 0 aliphatic heterocycles. The summed E-state index contributed by atoms with van der Waals surface area (Å²) in [6.07, 6.45) is 3.43. The van der Waals surface area contributed by atoms with Crippen LogP contribution < -0.4 is 0 Å². The number of fused-ring (bicyclic) bond motifs is 1. The SMILES string of the molecule is CC.CC(=O)c1cnc2ccccn12. The van der Waals surface area contributed by atoms with Gasteiger partial charge < -0.3 is 0 Å². The monoisotopic (exact) mass is 190 g/mol. The molecule has 2 aromatic rings. The molecule has 0 saturated carbocycles. The van der Waals surface area contributed by atoms with E-state index in [4.69, 9.17) is 0 Å². The fourth-order valence-corrected chi connectivity index (χ4v) is 1.19. The minimum Gasteiger partial charge on any atom is -0.297 e. The number of imidazole rings is 1. The third-order valence-corrected chi connectivity index (χ3v) is 1.78. The lowest BCUT2D eigenvalue weighted by atomic mass is 10.3. The van der Waals surface area contributed by atoms with Crippen molar-refractivity contribution in [2.24, 2.45) is 0 Å². The quantitative estimate of drug-likeness (QED) is 0.648. The molecule has 0 aromatic carbocycles. The molecule has 2 rings (SSSR count). The Bertz CT molecular complexity index is 432. The van der Waals surface area contributed by atoms with E-state index in [0.717, 1.165) is 5.65 Å². The van der Waals surface area contributed by atoms with Crippen LogP contribution in [0.3, 0.4) is 0 Å². The lowest BCUT2D eigenvalue weighted by Crippen LogP contribution is -1.96. The molecule has 0 fully saturated rings. The average molecular weight is 190 g/mol. The van der Waals surface area contributed by atoms with Gasteiger partial charge >= 0.3 is 0 Å². The van der Waals surface area contributed by atoms with Crippen molar-refractivity contribution in [2.45, 2.75) is 20.8 Å². The molecule has 3 heteroatoms. The van der Waals surface area contributed by atoms with Crippen LogP contribution in [0.4, 0.5) is 0 Å². The zero-order valence-corrected chi connectivity index (χ0v) is 8.69. The zero-order chi connectivity index (χ0) is 10.6. The van der Waals surface area contributed by atoms with Crippen molar-refractivity contribution in [2.75, 3.05) is 0 Å². The van der Waals surface area contributed by atoms with Crippen LogP contribution in [-0.2, 0) is 0 Å². The first-order valence-corrected chi connectivity index (χ1v) is 4.72. The number of hydrogen-bond donors (Lipinski definition) is 0. The van der Waals surface area contributed by atoms with E-state index in [1.165, 1.54) is 6.92 Å². The summed E-state index contributed by atoms with van der Waals surface area (Å²) >= 11 is 0. The Morgan fingerprint density at radius 2 is 2.07 bits per heavy atom. The first-order chi connectivity index (χ1) is 6.79. The number of ketones is 1. The summed E-state index contributed by atoms with van der Waals surface area (Å²) in [7, 11) is 0. The molecule has 0 aliphatic rings. The molecular formula is C11H14N2O. The van der Waals surface area contributed by atoms with Gasteiger partial charge in [0, 0.05) is 13.1 Å². The molecule has 0 aliphatic carbocycles. The van der Waals surface area contributed by atoms with Gasteiger partial charge in [0.15, 0.2) is 5.78 Å². The van der Waals surface area contributed by atoms with Gasteiger partial charge in [-0.25, -0.2) is 4.98 Å². The Hall–Kier alpha value is -1.64. The second-order valence-electron chi connectivity index (χ2n) is 2.63. The van der Waals surface area contributed by atoms with Crippen LogP contribution in [-0.4, -0.2) is 15.2 Å². The lowest BCUT2D eigenvalue weighted by Gasteiger charge is -1.94. The van der Waals surface area contributed by atoms with Gasteiger partial charge in [-0.3, -0.25) is 9.20 Å². The fraction of sp³-hybridized carbons (Fsp3) is 0.273. The Kier molecular flexibility index (Phi) is 3.40. The highest BCUT2D eigenvalue weighted by Gasteiger charge is 2.04. The van der Waals surface area contributed by atoms with Gasteiger partial charge in [0.1, 0.15) is 11.3 Å². The number of nitrogens with zero attached hydrogens (tertiary/aromatic N) is 2. The van der Waals surface area contributed by atoms with E-state index in [0.29, 0.717) is 5.69 Å². The molecule has 0 atom stereocenters. The first kappa shape index (κ1) is 10.4. The van der Waals surface area contributed by atoms with Crippen LogP contribution in [0.1, 0.15) is 31.3 Å². The smallest absolute Gasteiger partial charge is 0.178 e. The number of pyridine rings is 1. The molecule has 0 N–H and O–H groups in total. The Labute approximate surface area is 83.4 Å². The molecule has 0 amide bonds. The molecule has 14 heavy (non-hydrogen) atoms. The van der Waals surface area contributed by atoms with E-state index in [9.17, 15) is 4.79 Å². The summed E-state index contributed by atoms with van der Waals surface area (Å²) in [5.41, 5.74) is 1.44. The highest BCUT2D eigenvalue weighted by atomic mass is 16.1. The van der Waals surface area contributed by atoms with Gasteiger partial charge in [-0.1, -0.05) is 19.9 Å². The van der Waals surface area contributed by atoms with E-state index in [1.54, 1.807) is 10.6 Å². The Morgan fingerprint density at radius 1 is 1.36 bits per heavy atom. The maximum Gasteiger partial charge on any atom is 0.178 e. The van der Waals surface area contributed by atoms with E-state index >= 15 is 0 Å². The van der Waals surface area contributed by atoms with Crippen LogP contribution in [0.5, 0.6) is 0 Å². The van der Waals surface area contributed by atoms with Crippen LogP contribution >= 0.6 is 0 Å². The predicted molar refractivity (Wildman–Crippen MR) is 56.5 cm³/mol. The summed E-state index contributed by atoms with van der Waals surface area (Å²) in [5.74, 6) is 0.0358. The van der Waals surface area contributed by atoms with Gasteiger partial charge in [0.05, 0.1) is 6.20 Å². The number of aromatic nitrogens is 2. The van der Waals surface area contributed by atoms with Gasteiger partial charge in [-0.05, 0) is 12.1 Å². The summed E-state index contributed by atoms with van der Waals surface area (Å²) < 4.78 is 1.78. The topological polar surface area (TPSA) is 34.4 Å². The third-order valence-electron chi connectivity index (χ3n) is 1.78. The van der Waals surface area contributed by atoms with Crippen LogP contribution in [0.15, 0.2) is 30.6 Å². The van der Waals surface area contributed by atoms with Gasteiger partial charge in [-0.15, -0.1) is 0 Å². The van der Waals surface area contributed by atoms with Gasteiger partial charge in [-0.2, -0.15) is 0 Å². The molecule has 0 bridgehead atoms. The van der Waals surface area contributed by atoms with Crippen LogP contribution in [0, 0.1) is 0 Å². The Morgan fingerprint density at radius 3 is 2.71 bits per heavy atom. The number of carbonyl (C=O) groups is 1. The van der Waals surface area contributed by atoms with E-state index in [2.05, 4.69) is 4.98 Å². The Balaban J connectivity index is 0.000000461. The van der Waals surface area contributed by atoms with Crippen molar-refractivity contribution in [3.63, 3.8) is 0 Å². The van der Waals surface area contributed by atoms with Crippen molar-refractivity contribution in [3.05, 3.63) is 36.3 Å². The number of hydrogen-bond acceptors (Lipinski definition) is 2. The number of rotatable bonds is 1. The largest absolute Gasteiger partial charge is 0.297 e. The van der Waals surface area contributed by atoms with Crippen LogP contribution in [0.25, 0.3) is 5.65 Å². The molecule has 74 valence electrons. The summed E-state index contributed by atoms with van der Waals surface area (Å²) in [5, 5.41) is 0. The molecule has 2 aromatic heterocycles. The minimum absolute atomic E-state index is 0.0358. The molecule has 0 unspecified atom stereocenters. The zero-order valence-electron chi connectivity index (χ0n) is 8.69. The maximum absolute atomic E-state index is 11.1. The van der Waals surface area contributed by atoms with Crippen molar-refractivity contribution >= 4 is 11.4 Å². The predicted octanol–water partition coefficient (Wildman–Crippen LogP) is 2.56. The van der Waals surface area contributed by atoms with Crippen molar-refractivity contribution in [1.29, 1.82) is 0 Å². The fourth-order valence-electron chi connectivity index (χ4n) is 1.19. The second kappa shape index (κ2) is 4.56. The molecule has 0 radical (unpaired) electrons. The summed E-state index contributed by atoms with van der Waals surface area (Å²) in [6.45, 7) is 5.54. The standard InChI is InChI=1S/C9H8N2O.C2H6/c1-7(12)8-6-10-9-4-2-3-5-11(8)9;1-2/h2-6H,1H3;1-2H3. The van der Waals surface area contributed by atoms with Crippen molar-refractivity contribution in [1.82, 2.24) is 9.38 Å². The minimum atomic E-state index is 0.0358. The molecular weight excluding hydrogens is 176 g/mol. The third kappa shape index (κ3) is 1.82. The number of Topliss-reactive ketones (excluding diaryl/α,β-unsaturated/α-hetero) is 1. The van der Waals surface area contributed by atoms with Crippen molar-refractivity contribution < 1.29 is 4.79 Å². The molecule has 0 spiro atoms. The van der Waals surface area contributed by atoms with Crippen LogP contribution in [0.2, 0.25) is 0 Å². The van der Waals surface area contributed by atoms with Gasteiger partial charge in [0.25, 0.3) is 0 Å². The number of carbonyl (C=O) groups excluding carboxylic acids is 1. The van der Waals surface area contributed by atoms with E-state index in [-0.39, 0.29) is 5.78 Å². The summed E-state index contributed by atoms with van der Waals surface area (Å²) in [6, 6.07) is 5.64. The average Bonchev–Trinajstić information content (AvgIpc) is 2.64. The lowest BCUT2D eigenvalue weighted by molar-refractivity contribution is 0.101. The second-order valence-corrected chi connectivity index (χ2v) is 2.63. The summed E-state index contributed by atoms with van der Waals surface area (Å²) in [4.78, 5) is 15.1. The highest BCUT2D eigenvalue weighted by molar-refractivity contribution is 5.93. The van der Waals surface area contributed by atoms with Crippen molar-refractivity contribution in [3.8, 4) is 0 Å². The first-order valence-electron chi connectivity index (χ1n) is 4.72. The molecule has 3 nitrogen and oxygen atoms in total. The molecule has 0 saturated heterocycles. The maximum atomic E-state index is 11.1. The van der Waals surface area contributed by atoms with E-state index < -0.39 is 0 Å².